The van der Waals surface area contributed by atoms with Gasteiger partial charge in [0.2, 0.25) is 0 Å². The molecule has 74 valence electrons. The largest absolute Gasteiger partial charge is 0.309 e. The van der Waals surface area contributed by atoms with Gasteiger partial charge in [0.15, 0.2) is 0 Å². The maximum absolute atomic E-state index is 4.07. The molecular formula is C13H12N2. The van der Waals surface area contributed by atoms with Gasteiger partial charge in [0.1, 0.15) is 0 Å². The Morgan fingerprint density at radius 3 is 3.07 bits per heavy atom. The van der Waals surface area contributed by atoms with Crippen LogP contribution in [0.5, 0.6) is 0 Å². The second kappa shape index (κ2) is 4.59. The van der Waals surface area contributed by atoms with Crippen molar-refractivity contribution < 1.29 is 0 Å². The normalized spacial score (nSPS) is 9.67. The number of nitrogens with zero attached hydrogens (tertiary/aromatic N) is 1. The van der Waals surface area contributed by atoms with E-state index in [1.807, 2.05) is 31.4 Å². The molecule has 2 heteroatoms. The summed E-state index contributed by atoms with van der Waals surface area (Å²) in [6.07, 6.45) is 3.66. The number of hydrogen-bond acceptors (Lipinski definition) is 2. The molecule has 0 unspecified atom stereocenters. The minimum atomic E-state index is 0.717. The van der Waals surface area contributed by atoms with Crippen molar-refractivity contribution in [2.75, 3.05) is 13.6 Å². The summed E-state index contributed by atoms with van der Waals surface area (Å²) in [6, 6.07) is 8.15. The first-order chi connectivity index (χ1) is 7.40. The molecule has 2 nitrogen and oxygen atoms in total. The summed E-state index contributed by atoms with van der Waals surface area (Å²) in [4.78, 5) is 4.07. The zero-order valence-corrected chi connectivity index (χ0v) is 8.62. The highest BCUT2D eigenvalue weighted by molar-refractivity contribution is 5.82. The van der Waals surface area contributed by atoms with Crippen LogP contribution in [0, 0.1) is 11.8 Å². The Balaban J connectivity index is 2.36. The van der Waals surface area contributed by atoms with Gasteiger partial charge in [0.25, 0.3) is 0 Å². The molecule has 1 aromatic heterocycles. The fourth-order valence-corrected chi connectivity index (χ4v) is 1.40. The lowest BCUT2D eigenvalue weighted by Crippen LogP contribution is -2.04. The molecule has 0 spiro atoms. The predicted molar refractivity (Wildman–Crippen MR) is 62.5 cm³/mol. The van der Waals surface area contributed by atoms with Crippen LogP contribution in [0.2, 0.25) is 0 Å². The molecule has 1 heterocycles. The third-order valence-corrected chi connectivity index (χ3v) is 2.14. The van der Waals surface area contributed by atoms with Crippen molar-refractivity contribution in [3.05, 3.63) is 42.2 Å². The Bertz CT molecular complexity index is 521. The molecule has 2 aromatic rings. The summed E-state index contributed by atoms with van der Waals surface area (Å²) in [5.74, 6) is 6.14. The minimum Gasteiger partial charge on any atom is -0.309 e. The smallest absolute Gasteiger partial charge is 0.0577 e. The van der Waals surface area contributed by atoms with E-state index in [0.29, 0.717) is 6.54 Å². The zero-order valence-electron chi connectivity index (χ0n) is 8.62. The van der Waals surface area contributed by atoms with E-state index in [4.69, 9.17) is 0 Å². The van der Waals surface area contributed by atoms with Crippen LogP contribution in [-0.4, -0.2) is 18.6 Å². The average molecular weight is 196 g/mol. The first kappa shape index (κ1) is 9.70. The van der Waals surface area contributed by atoms with E-state index in [2.05, 4.69) is 28.2 Å². The van der Waals surface area contributed by atoms with E-state index in [9.17, 15) is 0 Å². The fourth-order valence-electron chi connectivity index (χ4n) is 1.40. The third kappa shape index (κ3) is 2.34. The molecule has 1 aromatic carbocycles. The molecule has 2 rings (SSSR count). The number of nitrogens with one attached hydrogen (secondary N) is 1. The van der Waals surface area contributed by atoms with Crippen molar-refractivity contribution >= 4 is 10.8 Å². The Hall–Kier alpha value is -1.85. The number of rotatable bonds is 1. The van der Waals surface area contributed by atoms with Crippen molar-refractivity contribution in [3.63, 3.8) is 0 Å². The van der Waals surface area contributed by atoms with Crippen molar-refractivity contribution in [1.29, 1.82) is 0 Å². The highest BCUT2D eigenvalue weighted by Crippen LogP contribution is 2.13. The van der Waals surface area contributed by atoms with E-state index in [1.54, 1.807) is 6.20 Å². The lowest BCUT2D eigenvalue weighted by atomic mass is 10.1. The average Bonchev–Trinajstić information content (AvgIpc) is 2.29. The summed E-state index contributed by atoms with van der Waals surface area (Å²) in [7, 11) is 1.89. The van der Waals surface area contributed by atoms with Crippen LogP contribution in [0.15, 0.2) is 36.7 Å². The molecule has 0 radical (unpaired) electrons. The predicted octanol–water partition coefficient (Wildman–Crippen LogP) is 1.81. The molecule has 0 saturated heterocycles. The molecule has 0 bridgehead atoms. The Morgan fingerprint density at radius 1 is 1.27 bits per heavy atom. The first-order valence-corrected chi connectivity index (χ1v) is 4.87. The maximum atomic E-state index is 4.07. The summed E-state index contributed by atoms with van der Waals surface area (Å²) in [5, 5.41) is 5.32. The van der Waals surface area contributed by atoms with Gasteiger partial charge in [-0.1, -0.05) is 17.9 Å². The van der Waals surface area contributed by atoms with Gasteiger partial charge in [-0.05, 0) is 30.6 Å². The van der Waals surface area contributed by atoms with Crippen LogP contribution in [-0.2, 0) is 0 Å². The van der Waals surface area contributed by atoms with Gasteiger partial charge in [0, 0.05) is 23.3 Å². The molecule has 0 atom stereocenters. The highest BCUT2D eigenvalue weighted by atomic mass is 14.8. The van der Waals surface area contributed by atoms with Crippen molar-refractivity contribution in [1.82, 2.24) is 10.3 Å². The van der Waals surface area contributed by atoms with Crippen molar-refractivity contribution in [2.24, 2.45) is 0 Å². The molecule has 0 aliphatic heterocycles. The summed E-state index contributed by atoms with van der Waals surface area (Å²) in [6.45, 7) is 0.717. The van der Waals surface area contributed by atoms with Crippen LogP contribution >= 0.6 is 0 Å². The molecule has 15 heavy (non-hydrogen) atoms. The quantitative estimate of drug-likeness (QED) is 0.703. The molecule has 0 fully saturated rings. The Morgan fingerprint density at radius 2 is 2.20 bits per heavy atom. The number of aromatic nitrogens is 1. The molecule has 0 saturated carbocycles. The van der Waals surface area contributed by atoms with Gasteiger partial charge in [-0.3, -0.25) is 4.98 Å². The molecular weight excluding hydrogens is 184 g/mol. The van der Waals surface area contributed by atoms with Gasteiger partial charge < -0.3 is 5.32 Å². The van der Waals surface area contributed by atoms with Crippen LogP contribution in [0.25, 0.3) is 10.8 Å². The van der Waals surface area contributed by atoms with E-state index in [1.165, 1.54) is 5.39 Å². The van der Waals surface area contributed by atoms with E-state index in [-0.39, 0.29) is 0 Å². The third-order valence-electron chi connectivity index (χ3n) is 2.14. The van der Waals surface area contributed by atoms with Crippen molar-refractivity contribution in [3.8, 4) is 11.8 Å². The Kier molecular flexibility index (Phi) is 2.96. The van der Waals surface area contributed by atoms with Gasteiger partial charge in [-0.25, -0.2) is 0 Å². The number of benzene rings is 1. The topological polar surface area (TPSA) is 24.9 Å². The van der Waals surface area contributed by atoms with Gasteiger partial charge >= 0.3 is 0 Å². The molecule has 1 N–H and O–H groups in total. The van der Waals surface area contributed by atoms with Crippen LogP contribution in [0.3, 0.4) is 0 Å². The fraction of sp³-hybridized carbons (Fsp3) is 0.154. The number of hydrogen-bond donors (Lipinski definition) is 1. The van der Waals surface area contributed by atoms with Gasteiger partial charge in [0.05, 0.1) is 6.54 Å². The maximum Gasteiger partial charge on any atom is 0.0577 e. The van der Waals surface area contributed by atoms with E-state index >= 15 is 0 Å². The van der Waals surface area contributed by atoms with Gasteiger partial charge in [-0.15, -0.1) is 0 Å². The first-order valence-electron chi connectivity index (χ1n) is 4.87. The van der Waals surface area contributed by atoms with Crippen LogP contribution < -0.4 is 5.32 Å². The van der Waals surface area contributed by atoms with Crippen molar-refractivity contribution in [2.45, 2.75) is 0 Å². The Labute approximate surface area is 89.3 Å². The lowest BCUT2D eigenvalue weighted by molar-refractivity contribution is 0.938. The molecule has 0 amide bonds. The van der Waals surface area contributed by atoms with Crippen LogP contribution in [0.1, 0.15) is 5.56 Å². The zero-order chi connectivity index (χ0) is 10.5. The second-order valence-electron chi connectivity index (χ2n) is 3.27. The summed E-state index contributed by atoms with van der Waals surface area (Å²) < 4.78 is 0. The van der Waals surface area contributed by atoms with E-state index < -0.39 is 0 Å². The number of fused-ring (bicyclic) bond motifs is 1. The molecule has 0 aliphatic carbocycles. The SMILES string of the molecule is CNCC#Cc1ccc2cnccc2c1. The number of pyridine rings is 1. The molecule has 0 aliphatic rings. The standard InChI is InChI=1S/C13H12N2/c1-14-7-2-3-11-4-5-13-10-15-8-6-12(13)9-11/h4-6,8-10,14H,7H2,1H3. The van der Waals surface area contributed by atoms with Crippen LogP contribution in [0.4, 0.5) is 0 Å². The second-order valence-corrected chi connectivity index (χ2v) is 3.27. The van der Waals surface area contributed by atoms with E-state index in [0.717, 1.165) is 10.9 Å². The summed E-state index contributed by atoms with van der Waals surface area (Å²) in [5.41, 5.74) is 1.05. The monoisotopic (exact) mass is 196 g/mol. The minimum absolute atomic E-state index is 0.717. The highest BCUT2D eigenvalue weighted by Gasteiger charge is 1.92. The van der Waals surface area contributed by atoms with Gasteiger partial charge in [-0.2, -0.15) is 0 Å². The lowest BCUT2D eigenvalue weighted by Gasteiger charge is -1.96. The summed E-state index contributed by atoms with van der Waals surface area (Å²) >= 11 is 0.